The fourth-order valence-corrected chi connectivity index (χ4v) is 2.16. The number of hydrogen-bond donors (Lipinski definition) is 2. The Kier molecular flexibility index (Phi) is 3.10. The Morgan fingerprint density at radius 3 is 2.80 bits per heavy atom. The summed E-state index contributed by atoms with van der Waals surface area (Å²) < 4.78 is 0. The normalized spacial score (nSPS) is 21.5. The summed E-state index contributed by atoms with van der Waals surface area (Å²) in [5, 5.41) is 3.40. The van der Waals surface area contributed by atoms with E-state index in [1.807, 2.05) is 0 Å². The van der Waals surface area contributed by atoms with E-state index in [0.29, 0.717) is 5.92 Å². The third-order valence-corrected chi connectivity index (χ3v) is 3.20. The monoisotopic (exact) mass is 207 g/mol. The maximum atomic E-state index is 4.69. The molecule has 15 heavy (non-hydrogen) atoms. The molecule has 3 heteroatoms. The van der Waals surface area contributed by atoms with Crippen LogP contribution in [0.3, 0.4) is 0 Å². The van der Waals surface area contributed by atoms with E-state index in [1.54, 1.807) is 0 Å². The minimum Gasteiger partial charge on any atom is -0.346 e. The molecule has 0 saturated carbocycles. The Bertz CT molecular complexity index is 322. The minimum atomic E-state index is 0.499. The van der Waals surface area contributed by atoms with Crippen LogP contribution in [0.4, 0.5) is 0 Å². The summed E-state index contributed by atoms with van der Waals surface area (Å²) in [6.45, 7) is 8.82. The van der Waals surface area contributed by atoms with Gasteiger partial charge in [-0.1, -0.05) is 13.8 Å². The lowest BCUT2D eigenvalue weighted by atomic mass is 10.0. The molecule has 0 aliphatic carbocycles. The van der Waals surface area contributed by atoms with Gasteiger partial charge in [0.2, 0.25) is 0 Å². The molecule has 2 N–H and O–H groups in total. The average Bonchev–Trinajstić information content (AvgIpc) is 2.77. The molecule has 0 bridgehead atoms. The second-order valence-corrected chi connectivity index (χ2v) is 4.91. The van der Waals surface area contributed by atoms with Crippen LogP contribution in [-0.4, -0.2) is 23.1 Å². The molecule has 0 aromatic carbocycles. The van der Waals surface area contributed by atoms with E-state index < -0.39 is 0 Å². The van der Waals surface area contributed by atoms with Crippen molar-refractivity contribution in [3.8, 4) is 0 Å². The SMILES string of the molecule is Cc1[nH]c(C(C)C)nc1CC1CCNC1. The Morgan fingerprint density at radius 1 is 1.47 bits per heavy atom. The highest BCUT2D eigenvalue weighted by molar-refractivity contribution is 5.15. The summed E-state index contributed by atoms with van der Waals surface area (Å²) in [4.78, 5) is 8.08. The summed E-state index contributed by atoms with van der Waals surface area (Å²) in [6.07, 6.45) is 2.42. The molecule has 2 heterocycles. The molecule has 1 aliphatic rings. The number of rotatable bonds is 3. The van der Waals surface area contributed by atoms with Crippen molar-refractivity contribution in [1.29, 1.82) is 0 Å². The largest absolute Gasteiger partial charge is 0.346 e. The molecule has 1 saturated heterocycles. The number of aromatic amines is 1. The van der Waals surface area contributed by atoms with Gasteiger partial charge in [-0.15, -0.1) is 0 Å². The zero-order valence-corrected chi connectivity index (χ0v) is 9.93. The van der Waals surface area contributed by atoms with Crippen LogP contribution in [0.25, 0.3) is 0 Å². The lowest BCUT2D eigenvalue weighted by Gasteiger charge is -2.05. The van der Waals surface area contributed by atoms with Crippen LogP contribution >= 0.6 is 0 Å². The van der Waals surface area contributed by atoms with Crippen LogP contribution in [0.15, 0.2) is 0 Å². The molecular formula is C12H21N3. The van der Waals surface area contributed by atoms with Crippen molar-refractivity contribution in [3.63, 3.8) is 0 Å². The predicted octanol–water partition coefficient (Wildman–Crippen LogP) is 1.99. The van der Waals surface area contributed by atoms with E-state index in [1.165, 1.54) is 24.4 Å². The fourth-order valence-electron chi connectivity index (χ4n) is 2.16. The highest BCUT2D eigenvalue weighted by Gasteiger charge is 2.18. The Labute approximate surface area is 91.7 Å². The highest BCUT2D eigenvalue weighted by atomic mass is 14.9. The summed E-state index contributed by atoms with van der Waals surface area (Å²) in [7, 11) is 0. The second kappa shape index (κ2) is 4.35. The van der Waals surface area contributed by atoms with E-state index in [4.69, 9.17) is 0 Å². The Hall–Kier alpha value is -0.830. The van der Waals surface area contributed by atoms with Gasteiger partial charge in [-0.3, -0.25) is 0 Å². The number of imidazole rings is 1. The lowest BCUT2D eigenvalue weighted by Crippen LogP contribution is -2.11. The molecule has 0 spiro atoms. The zero-order chi connectivity index (χ0) is 10.8. The average molecular weight is 207 g/mol. The first-order valence-electron chi connectivity index (χ1n) is 5.93. The van der Waals surface area contributed by atoms with Gasteiger partial charge in [0.25, 0.3) is 0 Å². The van der Waals surface area contributed by atoms with Gasteiger partial charge in [-0.2, -0.15) is 0 Å². The van der Waals surface area contributed by atoms with E-state index in [2.05, 4.69) is 36.1 Å². The van der Waals surface area contributed by atoms with Crippen LogP contribution in [0, 0.1) is 12.8 Å². The fraction of sp³-hybridized carbons (Fsp3) is 0.750. The molecule has 1 fully saturated rings. The third kappa shape index (κ3) is 2.40. The first-order chi connectivity index (χ1) is 7.16. The molecule has 1 aromatic heterocycles. The first kappa shape index (κ1) is 10.7. The van der Waals surface area contributed by atoms with Gasteiger partial charge in [-0.25, -0.2) is 4.98 Å². The second-order valence-electron chi connectivity index (χ2n) is 4.91. The van der Waals surface area contributed by atoms with E-state index in [-0.39, 0.29) is 0 Å². The molecule has 1 aromatic rings. The molecular weight excluding hydrogens is 186 g/mol. The molecule has 84 valence electrons. The Morgan fingerprint density at radius 2 is 2.27 bits per heavy atom. The van der Waals surface area contributed by atoms with Crippen molar-refractivity contribution in [2.75, 3.05) is 13.1 Å². The maximum Gasteiger partial charge on any atom is 0.109 e. The predicted molar refractivity (Wildman–Crippen MR) is 62.1 cm³/mol. The smallest absolute Gasteiger partial charge is 0.109 e. The van der Waals surface area contributed by atoms with Crippen molar-refractivity contribution in [3.05, 3.63) is 17.2 Å². The van der Waals surface area contributed by atoms with Crippen molar-refractivity contribution in [2.24, 2.45) is 5.92 Å². The highest BCUT2D eigenvalue weighted by Crippen LogP contribution is 2.19. The molecule has 1 unspecified atom stereocenters. The number of nitrogens with zero attached hydrogens (tertiary/aromatic N) is 1. The standard InChI is InChI=1S/C12H21N3/c1-8(2)12-14-9(3)11(15-12)6-10-4-5-13-7-10/h8,10,13H,4-7H2,1-3H3,(H,14,15). The summed E-state index contributed by atoms with van der Waals surface area (Å²) in [6, 6.07) is 0. The van der Waals surface area contributed by atoms with E-state index in [9.17, 15) is 0 Å². The van der Waals surface area contributed by atoms with Crippen LogP contribution in [0.2, 0.25) is 0 Å². The van der Waals surface area contributed by atoms with Gasteiger partial charge >= 0.3 is 0 Å². The van der Waals surface area contributed by atoms with Crippen molar-refractivity contribution >= 4 is 0 Å². The summed E-state index contributed by atoms with van der Waals surface area (Å²) in [5.74, 6) is 2.42. The summed E-state index contributed by atoms with van der Waals surface area (Å²) in [5.41, 5.74) is 2.53. The molecule has 2 rings (SSSR count). The topological polar surface area (TPSA) is 40.7 Å². The molecule has 0 radical (unpaired) electrons. The van der Waals surface area contributed by atoms with Crippen molar-refractivity contribution in [2.45, 2.75) is 39.5 Å². The van der Waals surface area contributed by atoms with Crippen LogP contribution in [-0.2, 0) is 6.42 Å². The number of nitrogens with one attached hydrogen (secondary N) is 2. The number of aromatic nitrogens is 2. The third-order valence-electron chi connectivity index (χ3n) is 3.20. The van der Waals surface area contributed by atoms with Gasteiger partial charge in [-0.05, 0) is 38.8 Å². The van der Waals surface area contributed by atoms with E-state index in [0.717, 1.165) is 24.7 Å². The van der Waals surface area contributed by atoms with E-state index >= 15 is 0 Å². The Balaban J connectivity index is 2.06. The van der Waals surface area contributed by atoms with Gasteiger partial charge in [0.15, 0.2) is 0 Å². The van der Waals surface area contributed by atoms with Crippen molar-refractivity contribution < 1.29 is 0 Å². The molecule has 0 amide bonds. The maximum absolute atomic E-state index is 4.69. The van der Waals surface area contributed by atoms with Crippen molar-refractivity contribution in [1.82, 2.24) is 15.3 Å². The molecule has 3 nitrogen and oxygen atoms in total. The first-order valence-corrected chi connectivity index (χ1v) is 5.93. The van der Waals surface area contributed by atoms with Gasteiger partial charge in [0, 0.05) is 11.6 Å². The van der Waals surface area contributed by atoms with Gasteiger partial charge in [0.1, 0.15) is 5.82 Å². The zero-order valence-electron chi connectivity index (χ0n) is 9.93. The number of aryl methyl sites for hydroxylation is 1. The quantitative estimate of drug-likeness (QED) is 0.796. The molecule has 1 atom stereocenters. The lowest BCUT2D eigenvalue weighted by molar-refractivity contribution is 0.570. The van der Waals surface area contributed by atoms with Gasteiger partial charge < -0.3 is 10.3 Å². The van der Waals surface area contributed by atoms with Gasteiger partial charge in [0.05, 0.1) is 5.69 Å². The van der Waals surface area contributed by atoms with Crippen LogP contribution < -0.4 is 5.32 Å². The van der Waals surface area contributed by atoms with Crippen LogP contribution in [0.1, 0.15) is 43.4 Å². The minimum absolute atomic E-state index is 0.499. The van der Waals surface area contributed by atoms with Crippen LogP contribution in [0.5, 0.6) is 0 Å². The number of H-pyrrole nitrogens is 1. The molecule has 1 aliphatic heterocycles. The summed E-state index contributed by atoms with van der Waals surface area (Å²) >= 11 is 0. The number of hydrogen-bond acceptors (Lipinski definition) is 2.